The van der Waals surface area contributed by atoms with E-state index in [0.29, 0.717) is 0 Å². The van der Waals surface area contributed by atoms with Crippen molar-refractivity contribution in [2.75, 3.05) is 12.2 Å². The van der Waals surface area contributed by atoms with Gasteiger partial charge in [0.25, 0.3) is 11.8 Å². The molecule has 2 aromatic carbocycles. The topological polar surface area (TPSA) is 108 Å². The highest BCUT2D eigenvalue weighted by atomic mass is 19.1. The van der Waals surface area contributed by atoms with Crippen LogP contribution in [0.5, 0.6) is 5.75 Å². The Morgan fingerprint density at radius 3 is 2.57 bits per heavy atom. The molecule has 7 nitrogen and oxygen atoms in total. The zero-order chi connectivity index (χ0) is 21.7. The zero-order valence-corrected chi connectivity index (χ0v) is 15.2. The summed E-state index contributed by atoms with van der Waals surface area (Å²) in [7, 11) is 0. The van der Waals surface area contributed by atoms with Gasteiger partial charge < -0.3 is 19.2 Å². The number of halogens is 3. The van der Waals surface area contributed by atoms with Crippen LogP contribution in [0.15, 0.2) is 59.2 Å². The molecule has 0 aliphatic rings. The maximum atomic E-state index is 14.2. The lowest BCUT2D eigenvalue weighted by atomic mass is 10.1. The van der Waals surface area contributed by atoms with Gasteiger partial charge in [0, 0.05) is 5.56 Å². The first-order chi connectivity index (χ1) is 14.4. The monoisotopic (exact) mass is 417 g/mol. The van der Waals surface area contributed by atoms with Crippen LogP contribution in [0.25, 0.3) is 0 Å². The number of hydrogen-bond donors (Lipinski definition) is 3. The number of rotatable bonds is 6. The predicted molar refractivity (Wildman–Crippen MR) is 101 cm³/mol. The van der Waals surface area contributed by atoms with Crippen molar-refractivity contribution in [2.24, 2.45) is 0 Å². The van der Waals surface area contributed by atoms with E-state index in [1.165, 1.54) is 24.5 Å². The Balaban J connectivity index is 1.80. The van der Waals surface area contributed by atoms with Crippen molar-refractivity contribution in [3.63, 3.8) is 0 Å². The summed E-state index contributed by atoms with van der Waals surface area (Å²) in [6.07, 6.45) is 1.33. The van der Waals surface area contributed by atoms with Crippen LogP contribution in [0.1, 0.15) is 21.7 Å². The van der Waals surface area contributed by atoms with Gasteiger partial charge >= 0.3 is 0 Å². The van der Waals surface area contributed by atoms with Crippen molar-refractivity contribution in [2.45, 2.75) is 0 Å². The van der Waals surface area contributed by atoms with Crippen LogP contribution in [-0.2, 0) is 4.74 Å². The summed E-state index contributed by atoms with van der Waals surface area (Å²) in [4.78, 5) is 12.5. The maximum Gasteiger partial charge on any atom is 0.259 e. The molecule has 0 unspecified atom stereocenters. The molecular weight excluding hydrogens is 403 g/mol. The molecule has 10 heteroatoms. The molecule has 30 heavy (non-hydrogen) atoms. The minimum atomic E-state index is -1.24. The van der Waals surface area contributed by atoms with Gasteiger partial charge in [0.2, 0.25) is 12.8 Å². The van der Waals surface area contributed by atoms with Crippen LogP contribution in [0.4, 0.5) is 18.9 Å². The van der Waals surface area contributed by atoms with Gasteiger partial charge in [-0.25, -0.2) is 13.2 Å². The first-order valence-electron chi connectivity index (χ1n) is 8.37. The first-order valence-corrected chi connectivity index (χ1v) is 8.37. The molecule has 0 fully saturated rings. The summed E-state index contributed by atoms with van der Waals surface area (Å²) in [5.74, 6) is -3.65. The minimum absolute atomic E-state index is 0.0440. The largest absolute Gasteiger partial charge is 0.462 e. The van der Waals surface area contributed by atoms with Gasteiger partial charge in [-0.15, -0.1) is 0 Å². The van der Waals surface area contributed by atoms with Crippen LogP contribution in [0.3, 0.4) is 0 Å². The number of nitrogens with one attached hydrogen (secondary N) is 3. The predicted octanol–water partition coefficient (Wildman–Crippen LogP) is 4.48. The van der Waals surface area contributed by atoms with E-state index in [2.05, 4.69) is 10.1 Å². The van der Waals surface area contributed by atoms with Crippen molar-refractivity contribution in [3.8, 4) is 5.75 Å². The Kier molecular flexibility index (Phi) is 6.16. The maximum absolute atomic E-state index is 14.2. The van der Waals surface area contributed by atoms with Gasteiger partial charge in [-0.05, 0) is 48.5 Å². The number of carbonyl (C=O) groups is 1. The normalized spacial score (nSPS) is 10.4. The summed E-state index contributed by atoms with van der Waals surface area (Å²) in [6, 6.07) is 9.15. The second kappa shape index (κ2) is 8.95. The molecule has 0 atom stereocenters. The van der Waals surface area contributed by atoms with Gasteiger partial charge in [0.1, 0.15) is 17.4 Å². The molecule has 0 bridgehead atoms. The van der Waals surface area contributed by atoms with Crippen LogP contribution in [0.2, 0.25) is 0 Å². The molecule has 0 saturated heterocycles. The van der Waals surface area contributed by atoms with Crippen molar-refractivity contribution in [3.05, 3.63) is 83.3 Å². The fraction of sp³-hybridized carbons (Fsp3) is 0.0500. The van der Waals surface area contributed by atoms with E-state index < -0.39 is 36.2 Å². The SMILES string of the molecule is N=C(OC(=N)c1ccco1)c1ccc(F)c(NC(=O)c2cc(F)ccc2OCF)c1. The van der Waals surface area contributed by atoms with Gasteiger partial charge in [-0.2, -0.15) is 0 Å². The van der Waals surface area contributed by atoms with Gasteiger partial charge in [-0.1, -0.05) is 0 Å². The molecule has 154 valence electrons. The highest BCUT2D eigenvalue weighted by Gasteiger charge is 2.18. The van der Waals surface area contributed by atoms with Gasteiger partial charge in [-0.3, -0.25) is 15.6 Å². The third-order valence-electron chi connectivity index (χ3n) is 3.82. The number of hydrogen-bond acceptors (Lipinski definition) is 6. The van der Waals surface area contributed by atoms with Crippen LogP contribution in [-0.4, -0.2) is 24.6 Å². The Bertz CT molecular complexity index is 1100. The average Bonchev–Trinajstić information content (AvgIpc) is 3.26. The third-order valence-corrected chi connectivity index (χ3v) is 3.82. The molecule has 0 radical (unpaired) electrons. The number of alkyl halides is 1. The molecule has 1 heterocycles. The van der Waals surface area contributed by atoms with E-state index in [1.807, 2.05) is 0 Å². The lowest BCUT2D eigenvalue weighted by Gasteiger charge is -2.12. The lowest BCUT2D eigenvalue weighted by molar-refractivity contribution is 0.101. The van der Waals surface area contributed by atoms with Crippen molar-refractivity contribution in [1.29, 1.82) is 10.8 Å². The number of amides is 1. The first kappa shape index (κ1) is 20.6. The molecule has 0 aliphatic carbocycles. The molecule has 0 aliphatic heterocycles. The number of ether oxygens (including phenoxy) is 2. The molecule has 0 spiro atoms. The molecule has 1 aromatic heterocycles. The smallest absolute Gasteiger partial charge is 0.259 e. The third kappa shape index (κ3) is 4.66. The Hall–Kier alpha value is -4.08. The van der Waals surface area contributed by atoms with Crippen LogP contribution >= 0.6 is 0 Å². The number of furan rings is 1. The zero-order valence-electron chi connectivity index (χ0n) is 15.2. The highest BCUT2D eigenvalue weighted by Crippen LogP contribution is 2.23. The summed E-state index contributed by atoms with van der Waals surface area (Å²) < 4.78 is 54.9. The van der Waals surface area contributed by atoms with Crippen molar-refractivity contribution >= 4 is 23.4 Å². The second-order valence-electron chi connectivity index (χ2n) is 5.78. The highest BCUT2D eigenvalue weighted by molar-refractivity contribution is 6.07. The molecule has 1 amide bonds. The Labute approximate surface area is 168 Å². The van der Waals surface area contributed by atoms with E-state index in [1.54, 1.807) is 0 Å². The number of carbonyl (C=O) groups excluding carboxylic acids is 1. The average molecular weight is 417 g/mol. The number of anilines is 1. The summed E-state index contributed by atoms with van der Waals surface area (Å²) in [5.41, 5.74) is -0.642. The molecule has 3 rings (SSSR count). The molecule has 0 saturated carbocycles. The van der Waals surface area contributed by atoms with E-state index in [4.69, 9.17) is 20.0 Å². The van der Waals surface area contributed by atoms with Gasteiger partial charge in [0.05, 0.1) is 17.5 Å². The summed E-state index contributed by atoms with van der Waals surface area (Å²) >= 11 is 0. The summed E-state index contributed by atoms with van der Waals surface area (Å²) in [6.45, 7) is -1.24. The van der Waals surface area contributed by atoms with E-state index >= 15 is 0 Å². The Morgan fingerprint density at radius 2 is 1.87 bits per heavy atom. The van der Waals surface area contributed by atoms with Gasteiger partial charge in [0.15, 0.2) is 5.76 Å². The second-order valence-corrected chi connectivity index (χ2v) is 5.78. The summed E-state index contributed by atoms with van der Waals surface area (Å²) in [5, 5.41) is 17.9. The molecule has 3 N–H and O–H groups in total. The van der Waals surface area contributed by atoms with E-state index in [0.717, 1.165) is 30.3 Å². The van der Waals surface area contributed by atoms with Crippen molar-refractivity contribution < 1.29 is 31.9 Å². The molecular formula is C20H14F3N3O4. The standard InChI is InChI=1S/C20H14F3N3O4/c21-10-29-16-6-4-12(22)9-13(16)20(27)26-15-8-11(3-5-14(15)23)18(24)30-19(25)17-2-1-7-28-17/h1-9,24-25H,10H2,(H,26,27). The number of benzene rings is 2. The Morgan fingerprint density at radius 1 is 1.07 bits per heavy atom. The minimum Gasteiger partial charge on any atom is -0.462 e. The molecule has 3 aromatic rings. The fourth-order valence-corrected chi connectivity index (χ4v) is 2.44. The van der Waals surface area contributed by atoms with E-state index in [-0.39, 0.29) is 28.3 Å². The lowest BCUT2D eigenvalue weighted by Crippen LogP contribution is -2.16. The van der Waals surface area contributed by atoms with Crippen LogP contribution < -0.4 is 10.1 Å². The van der Waals surface area contributed by atoms with Crippen LogP contribution in [0, 0.1) is 22.5 Å². The van der Waals surface area contributed by atoms with Crippen molar-refractivity contribution in [1.82, 2.24) is 0 Å². The fourth-order valence-electron chi connectivity index (χ4n) is 2.44. The van der Waals surface area contributed by atoms with E-state index in [9.17, 15) is 18.0 Å². The quantitative estimate of drug-likeness (QED) is 0.406.